The number of hydrogen-bond donors (Lipinski definition) is 2. The van der Waals surface area contributed by atoms with E-state index < -0.39 is 17.5 Å². The summed E-state index contributed by atoms with van der Waals surface area (Å²) in [4.78, 5) is 24.2. The molecule has 5 rings (SSSR count). The van der Waals surface area contributed by atoms with Crippen molar-refractivity contribution in [3.8, 4) is 0 Å². The van der Waals surface area contributed by atoms with Crippen molar-refractivity contribution in [2.45, 2.75) is 44.6 Å². The Balaban J connectivity index is 1.25. The van der Waals surface area contributed by atoms with Gasteiger partial charge in [-0.15, -0.1) is 0 Å². The van der Waals surface area contributed by atoms with E-state index in [1.165, 1.54) is 32.1 Å². The lowest BCUT2D eigenvalue weighted by Crippen LogP contribution is -2.56. The van der Waals surface area contributed by atoms with Gasteiger partial charge in [0.2, 0.25) is 5.91 Å². The molecule has 4 saturated carbocycles. The van der Waals surface area contributed by atoms with Crippen LogP contribution in [0.4, 0.5) is 8.78 Å². The standard InChI is InChI=1S/C20H24F2N2O2/c21-15-1-2-16(17(22)10-15)20(26)23-4-3-18(25)24-19-13-6-11-5-12(8-13)9-14(19)7-11/h1-2,10-14,19H,3-9H2,(H,23,26)(H,24,25). The largest absolute Gasteiger partial charge is 0.353 e. The van der Waals surface area contributed by atoms with E-state index in [0.717, 1.165) is 24.0 Å². The number of nitrogens with one attached hydrogen (secondary N) is 2. The zero-order valence-corrected chi connectivity index (χ0v) is 14.6. The molecule has 0 heterocycles. The van der Waals surface area contributed by atoms with Crippen LogP contribution in [0.3, 0.4) is 0 Å². The molecule has 4 aliphatic rings. The summed E-state index contributed by atoms with van der Waals surface area (Å²) in [7, 11) is 0. The number of carbonyl (C=O) groups is 2. The van der Waals surface area contributed by atoms with Gasteiger partial charge in [-0.25, -0.2) is 8.78 Å². The lowest BCUT2D eigenvalue weighted by atomic mass is 9.54. The van der Waals surface area contributed by atoms with Gasteiger partial charge in [0, 0.05) is 25.1 Å². The first-order valence-electron chi connectivity index (χ1n) is 9.52. The molecule has 4 bridgehead atoms. The monoisotopic (exact) mass is 362 g/mol. The van der Waals surface area contributed by atoms with Crippen molar-refractivity contribution in [1.29, 1.82) is 0 Å². The molecule has 4 nitrogen and oxygen atoms in total. The molecular formula is C20H24F2N2O2. The fourth-order valence-corrected chi connectivity index (χ4v) is 5.48. The van der Waals surface area contributed by atoms with Gasteiger partial charge in [-0.05, 0) is 67.9 Å². The number of hydrogen-bond acceptors (Lipinski definition) is 2. The molecule has 2 N–H and O–H groups in total. The van der Waals surface area contributed by atoms with Gasteiger partial charge < -0.3 is 10.6 Å². The molecule has 2 amide bonds. The average molecular weight is 362 g/mol. The number of amides is 2. The Morgan fingerprint density at radius 1 is 1.00 bits per heavy atom. The van der Waals surface area contributed by atoms with Crippen molar-refractivity contribution in [2.24, 2.45) is 23.7 Å². The number of carbonyl (C=O) groups excluding carboxylic acids is 2. The fourth-order valence-electron chi connectivity index (χ4n) is 5.48. The third kappa shape index (κ3) is 3.46. The van der Waals surface area contributed by atoms with Gasteiger partial charge in [0.15, 0.2) is 0 Å². The van der Waals surface area contributed by atoms with Crippen molar-refractivity contribution in [1.82, 2.24) is 10.6 Å². The maximum atomic E-state index is 13.6. The third-order valence-corrected chi connectivity index (χ3v) is 6.37. The minimum absolute atomic E-state index is 0.0673. The Hall–Kier alpha value is -1.98. The maximum absolute atomic E-state index is 13.6. The van der Waals surface area contributed by atoms with Crippen molar-refractivity contribution >= 4 is 11.8 Å². The SMILES string of the molecule is O=C(CCNC(=O)c1ccc(F)cc1F)NC1C2CC3CC(C2)CC1C3. The number of benzene rings is 1. The second kappa shape index (κ2) is 6.97. The van der Waals surface area contributed by atoms with E-state index >= 15 is 0 Å². The van der Waals surface area contributed by atoms with E-state index in [1.54, 1.807) is 0 Å². The Labute approximate surface area is 151 Å². The van der Waals surface area contributed by atoms with Crippen LogP contribution in [0.25, 0.3) is 0 Å². The smallest absolute Gasteiger partial charge is 0.254 e. The molecule has 0 radical (unpaired) electrons. The zero-order valence-electron chi connectivity index (χ0n) is 14.6. The van der Waals surface area contributed by atoms with E-state index in [4.69, 9.17) is 0 Å². The summed E-state index contributed by atoms with van der Waals surface area (Å²) in [6.07, 6.45) is 6.48. The summed E-state index contributed by atoms with van der Waals surface area (Å²) in [5.74, 6) is 0.601. The second-order valence-corrected chi connectivity index (χ2v) is 8.15. The third-order valence-electron chi connectivity index (χ3n) is 6.37. The van der Waals surface area contributed by atoms with E-state index in [1.807, 2.05) is 0 Å². The van der Waals surface area contributed by atoms with Gasteiger partial charge in [-0.3, -0.25) is 9.59 Å². The number of rotatable bonds is 5. The molecule has 1 aromatic carbocycles. The zero-order chi connectivity index (χ0) is 18.3. The van der Waals surface area contributed by atoms with E-state index in [0.29, 0.717) is 17.9 Å². The van der Waals surface area contributed by atoms with Crippen LogP contribution in [0.15, 0.2) is 18.2 Å². The Morgan fingerprint density at radius 2 is 1.65 bits per heavy atom. The van der Waals surface area contributed by atoms with Gasteiger partial charge >= 0.3 is 0 Å². The molecule has 4 fully saturated rings. The molecule has 0 aromatic heterocycles. The first kappa shape index (κ1) is 17.4. The Bertz CT molecular complexity index is 694. The van der Waals surface area contributed by atoms with Crippen LogP contribution in [-0.4, -0.2) is 24.4 Å². The molecule has 26 heavy (non-hydrogen) atoms. The Kier molecular flexibility index (Phi) is 4.67. The van der Waals surface area contributed by atoms with Crippen molar-refractivity contribution in [3.63, 3.8) is 0 Å². The normalized spacial score (nSPS) is 31.7. The average Bonchev–Trinajstić information content (AvgIpc) is 2.57. The van der Waals surface area contributed by atoms with Crippen molar-refractivity contribution < 1.29 is 18.4 Å². The highest BCUT2D eigenvalue weighted by Gasteiger charge is 2.48. The lowest BCUT2D eigenvalue weighted by Gasteiger charge is -2.54. The van der Waals surface area contributed by atoms with Gasteiger partial charge in [0.1, 0.15) is 11.6 Å². The maximum Gasteiger partial charge on any atom is 0.254 e. The minimum Gasteiger partial charge on any atom is -0.353 e. The van der Waals surface area contributed by atoms with Crippen LogP contribution in [0, 0.1) is 35.3 Å². The molecule has 0 aliphatic heterocycles. The highest BCUT2D eigenvalue weighted by atomic mass is 19.1. The predicted molar refractivity (Wildman–Crippen MR) is 92.3 cm³/mol. The molecule has 4 aliphatic carbocycles. The molecule has 1 aromatic rings. The molecule has 6 heteroatoms. The van der Waals surface area contributed by atoms with Crippen LogP contribution in [0.5, 0.6) is 0 Å². The fraction of sp³-hybridized carbons (Fsp3) is 0.600. The molecule has 0 atom stereocenters. The van der Waals surface area contributed by atoms with Crippen molar-refractivity contribution in [3.05, 3.63) is 35.4 Å². The quantitative estimate of drug-likeness (QED) is 0.846. The first-order valence-corrected chi connectivity index (χ1v) is 9.52. The highest BCUT2D eigenvalue weighted by Crippen LogP contribution is 2.53. The second-order valence-electron chi connectivity index (χ2n) is 8.15. The van der Waals surface area contributed by atoms with Crippen LogP contribution < -0.4 is 10.6 Å². The van der Waals surface area contributed by atoms with Crippen LogP contribution in [-0.2, 0) is 4.79 Å². The summed E-state index contributed by atoms with van der Waals surface area (Å²) >= 11 is 0. The summed E-state index contributed by atoms with van der Waals surface area (Å²) < 4.78 is 26.5. The van der Waals surface area contributed by atoms with Crippen molar-refractivity contribution in [2.75, 3.05) is 6.54 Å². The predicted octanol–water partition coefficient (Wildman–Crippen LogP) is 3.03. The minimum atomic E-state index is -0.902. The molecule has 0 unspecified atom stereocenters. The van der Waals surface area contributed by atoms with Gasteiger partial charge in [-0.1, -0.05) is 0 Å². The summed E-state index contributed by atoms with van der Waals surface area (Å²) in [5.41, 5.74) is -0.215. The number of halogens is 2. The summed E-state index contributed by atoms with van der Waals surface area (Å²) in [6, 6.07) is 3.10. The molecule has 0 spiro atoms. The lowest BCUT2D eigenvalue weighted by molar-refractivity contribution is -0.124. The van der Waals surface area contributed by atoms with Gasteiger partial charge in [0.25, 0.3) is 5.91 Å². The topological polar surface area (TPSA) is 58.2 Å². The summed E-state index contributed by atoms with van der Waals surface area (Å²) in [6.45, 7) is 0.134. The highest BCUT2D eigenvalue weighted by molar-refractivity contribution is 5.94. The van der Waals surface area contributed by atoms with Crippen LogP contribution in [0.2, 0.25) is 0 Å². The molecule has 0 saturated heterocycles. The Morgan fingerprint density at radius 3 is 2.27 bits per heavy atom. The van der Waals surface area contributed by atoms with Crippen LogP contribution >= 0.6 is 0 Å². The first-order chi connectivity index (χ1) is 12.5. The van der Waals surface area contributed by atoms with Gasteiger partial charge in [-0.2, -0.15) is 0 Å². The van der Waals surface area contributed by atoms with E-state index in [2.05, 4.69) is 10.6 Å². The van der Waals surface area contributed by atoms with Crippen LogP contribution in [0.1, 0.15) is 48.9 Å². The molecule has 140 valence electrons. The summed E-state index contributed by atoms with van der Waals surface area (Å²) in [5, 5.41) is 5.71. The van der Waals surface area contributed by atoms with Gasteiger partial charge in [0.05, 0.1) is 5.56 Å². The molecular weight excluding hydrogens is 338 g/mol. The van der Waals surface area contributed by atoms with E-state index in [9.17, 15) is 18.4 Å². The van der Waals surface area contributed by atoms with E-state index in [-0.39, 0.29) is 30.5 Å².